The fourth-order valence-electron chi connectivity index (χ4n) is 4.13. The highest BCUT2D eigenvalue weighted by Crippen LogP contribution is 2.44. The molecule has 0 N–H and O–H groups in total. The summed E-state index contributed by atoms with van der Waals surface area (Å²) in [5.74, 6) is 0.944. The third-order valence-corrected chi connectivity index (χ3v) is 6.11. The summed E-state index contributed by atoms with van der Waals surface area (Å²) < 4.78 is 7.45. The highest BCUT2D eigenvalue weighted by Gasteiger charge is 2.43. The molecule has 1 aromatic heterocycles. The molecule has 148 valence electrons. The van der Waals surface area contributed by atoms with Gasteiger partial charge in [0.2, 0.25) is 5.91 Å². The van der Waals surface area contributed by atoms with Crippen molar-refractivity contribution in [3.8, 4) is 17.0 Å². The number of aromatic nitrogens is 2. The van der Waals surface area contributed by atoms with Crippen LogP contribution in [0.15, 0.2) is 55.0 Å². The van der Waals surface area contributed by atoms with Crippen molar-refractivity contribution in [1.82, 2.24) is 9.55 Å². The van der Waals surface area contributed by atoms with Crippen LogP contribution in [0.1, 0.15) is 43.9 Å². The van der Waals surface area contributed by atoms with Gasteiger partial charge in [-0.25, -0.2) is 4.98 Å². The molecule has 1 aliphatic carbocycles. The molecule has 1 amide bonds. The molecule has 1 saturated carbocycles. The smallest absolute Gasteiger partial charge is 0.237 e. The second-order valence-corrected chi connectivity index (χ2v) is 8.53. The van der Waals surface area contributed by atoms with Crippen molar-refractivity contribution in [2.75, 3.05) is 12.0 Å². The van der Waals surface area contributed by atoms with Crippen molar-refractivity contribution in [2.24, 2.45) is 0 Å². The van der Waals surface area contributed by atoms with Crippen molar-refractivity contribution in [1.29, 1.82) is 0 Å². The molecule has 3 aromatic rings. The summed E-state index contributed by atoms with van der Waals surface area (Å²) in [4.78, 5) is 19.7. The van der Waals surface area contributed by atoms with Gasteiger partial charge in [-0.15, -0.1) is 0 Å². The second-order valence-electron chi connectivity index (χ2n) is 8.53. The summed E-state index contributed by atoms with van der Waals surface area (Å²) in [6.07, 6.45) is 6.51. The molecular formula is C24H25N3O2. The van der Waals surface area contributed by atoms with Gasteiger partial charge in [-0.2, -0.15) is 0 Å². The van der Waals surface area contributed by atoms with Crippen molar-refractivity contribution in [3.05, 3.63) is 66.1 Å². The second kappa shape index (κ2) is 6.48. The van der Waals surface area contributed by atoms with E-state index in [1.807, 2.05) is 49.3 Å². The van der Waals surface area contributed by atoms with E-state index in [1.54, 1.807) is 7.11 Å². The maximum Gasteiger partial charge on any atom is 0.237 e. The minimum absolute atomic E-state index is 0.129. The molecule has 5 rings (SSSR count). The van der Waals surface area contributed by atoms with Gasteiger partial charge >= 0.3 is 0 Å². The number of amides is 1. The fourth-order valence-corrected chi connectivity index (χ4v) is 4.13. The van der Waals surface area contributed by atoms with Crippen molar-refractivity contribution in [2.45, 2.75) is 44.7 Å². The normalized spacial score (nSPS) is 17.5. The Kier molecular flexibility index (Phi) is 4.02. The number of ether oxygens (including phenoxy) is 1. The Labute approximate surface area is 170 Å². The van der Waals surface area contributed by atoms with Gasteiger partial charge in [0.15, 0.2) is 0 Å². The minimum atomic E-state index is -0.534. The van der Waals surface area contributed by atoms with Gasteiger partial charge in [0.25, 0.3) is 0 Å². The number of benzene rings is 2. The van der Waals surface area contributed by atoms with Crippen LogP contribution in [-0.2, 0) is 16.8 Å². The number of hydrogen-bond acceptors (Lipinski definition) is 3. The van der Waals surface area contributed by atoms with E-state index in [0.717, 1.165) is 33.8 Å². The lowest BCUT2D eigenvalue weighted by atomic mass is 9.86. The van der Waals surface area contributed by atoms with Crippen LogP contribution >= 0.6 is 0 Å². The van der Waals surface area contributed by atoms with E-state index >= 15 is 0 Å². The molecule has 0 unspecified atom stereocenters. The van der Waals surface area contributed by atoms with Crippen LogP contribution in [0.2, 0.25) is 0 Å². The maximum atomic E-state index is 13.2. The van der Waals surface area contributed by atoms with Crippen molar-refractivity contribution < 1.29 is 9.53 Å². The third kappa shape index (κ3) is 3.01. The molecular weight excluding hydrogens is 362 g/mol. The summed E-state index contributed by atoms with van der Waals surface area (Å²) in [6, 6.07) is 14.8. The molecule has 0 spiro atoms. The van der Waals surface area contributed by atoms with Gasteiger partial charge in [-0.1, -0.05) is 24.3 Å². The van der Waals surface area contributed by atoms with Gasteiger partial charge in [0, 0.05) is 23.5 Å². The van der Waals surface area contributed by atoms with Gasteiger partial charge in [-0.05, 0) is 56.0 Å². The first-order valence-electron chi connectivity index (χ1n) is 10.1. The molecule has 0 atom stereocenters. The molecule has 0 radical (unpaired) electrons. The number of carbonyl (C=O) groups excluding carboxylic acids is 1. The van der Waals surface area contributed by atoms with Gasteiger partial charge in [-0.3, -0.25) is 4.79 Å². The zero-order valence-electron chi connectivity index (χ0n) is 17.1. The lowest BCUT2D eigenvalue weighted by Crippen LogP contribution is -2.35. The first-order valence-corrected chi connectivity index (χ1v) is 10.1. The molecule has 5 nitrogen and oxygen atoms in total. The van der Waals surface area contributed by atoms with Gasteiger partial charge < -0.3 is 14.2 Å². The monoisotopic (exact) mass is 387 g/mol. The quantitative estimate of drug-likeness (QED) is 0.636. The Morgan fingerprint density at radius 3 is 2.59 bits per heavy atom. The third-order valence-electron chi connectivity index (χ3n) is 6.11. The van der Waals surface area contributed by atoms with E-state index in [1.165, 1.54) is 12.8 Å². The minimum Gasteiger partial charge on any atom is -0.497 e. The summed E-state index contributed by atoms with van der Waals surface area (Å²) in [5.41, 5.74) is 4.60. The van der Waals surface area contributed by atoms with Crippen molar-refractivity contribution in [3.63, 3.8) is 0 Å². The number of fused-ring (bicyclic) bond motifs is 1. The van der Waals surface area contributed by atoms with Crippen molar-refractivity contribution >= 4 is 11.6 Å². The van der Waals surface area contributed by atoms with Crippen LogP contribution < -0.4 is 9.64 Å². The molecule has 2 aliphatic rings. The van der Waals surface area contributed by atoms with E-state index in [2.05, 4.69) is 33.9 Å². The number of hydrogen-bond donors (Lipinski definition) is 0. The lowest BCUT2D eigenvalue weighted by Gasteiger charge is -2.20. The average molecular weight is 387 g/mol. The van der Waals surface area contributed by atoms with Crippen LogP contribution in [0.25, 0.3) is 11.3 Å². The SMILES string of the molecule is COc1ccc(CN2C(=O)C(C)(C)c3ccc(-c4cn(C5CC5)cn4)cc32)cc1. The zero-order valence-corrected chi connectivity index (χ0v) is 17.1. The standard InChI is InChI=1S/C24H25N3O2/c1-24(2)20-11-6-17(21-14-26(15-25-21)18-7-8-18)12-22(20)27(23(24)28)13-16-4-9-19(29-3)10-5-16/h4-6,9-12,14-15,18H,7-8,13H2,1-3H3. The molecule has 1 aliphatic heterocycles. The number of carbonyl (C=O) groups is 1. The van der Waals surface area contributed by atoms with E-state index < -0.39 is 5.41 Å². The molecule has 0 bridgehead atoms. The Bertz CT molecular complexity index is 1080. The first kappa shape index (κ1) is 18.0. The van der Waals surface area contributed by atoms with Crippen LogP contribution in [0.5, 0.6) is 5.75 Å². The zero-order chi connectivity index (χ0) is 20.2. The average Bonchev–Trinajstić information content (AvgIpc) is 3.44. The van der Waals surface area contributed by atoms with Crippen LogP contribution in [-0.4, -0.2) is 22.6 Å². The first-order chi connectivity index (χ1) is 14.0. The molecule has 29 heavy (non-hydrogen) atoms. The number of nitrogens with zero attached hydrogens (tertiary/aromatic N) is 3. The summed E-state index contributed by atoms with van der Waals surface area (Å²) in [7, 11) is 1.66. The Balaban J connectivity index is 1.51. The molecule has 1 fully saturated rings. The number of rotatable bonds is 5. The lowest BCUT2D eigenvalue weighted by molar-refractivity contribution is -0.122. The van der Waals surface area contributed by atoms with Crippen LogP contribution in [0, 0.1) is 0 Å². The molecule has 5 heteroatoms. The summed E-state index contributed by atoms with van der Waals surface area (Å²) in [5, 5.41) is 0. The number of anilines is 1. The number of imidazole rings is 1. The summed E-state index contributed by atoms with van der Waals surface area (Å²) in [6.45, 7) is 4.55. The number of methoxy groups -OCH3 is 1. The van der Waals surface area contributed by atoms with Crippen LogP contribution in [0.4, 0.5) is 5.69 Å². The molecule has 2 aromatic carbocycles. The predicted octanol–water partition coefficient (Wildman–Crippen LogP) is 4.72. The fraction of sp³-hybridized carbons (Fsp3) is 0.333. The molecule has 2 heterocycles. The Hall–Kier alpha value is -3.08. The topological polar surface area (TPSA) is 47.4 Å². The van der Waals surface area contributed by atoms with E-state index in [-0.39, 0.29) is 5.91 Å². The molecule has 0 saturated heterocycles. The van der Waals surface area contributed by atoms with Gasteiger partial charge in [0.1, 0.15) is 5.75 Å². The van der Waals surface area contributed by atoms with Crippen LogP contribution in [0.3, 0.4) is 0 Å². The predicted molar refractivity (Wildman–Crippen MR) is 113 cm³/mol. The summed E-state index contributed by atoms with van der Waals surface area (Å²) >= 11 is 0. The van der Waals surface area contributed by atoms with E-state index in [9.17, 15) is 4.79 Å². The Morgan fingerprint density at radius 2 is 1.90 bits per heavy atom. The van der Waals surface area contributed by atoms with E-state index in [0.29, 0.717) is 12.6 Å². The van der Waals surface area contributed by atoms with Gasteiger partial charge in [0.05, 0.1) is 31.1 Å². The maximum absolute atomic E-state index is 13.2. The highest BCUT2D eigenvalue weighted by atomic mass is 16.5. The van der Waals surface area contributed by atoms with E-state index in [4.69, 9.17) is 4.74 Å². The largest absolute Gasteiger partial charge is 0.497 e. The highest BCUT2D eigenvalue weighted by molar-refractivity contribution is 6.08. The Morgan fingerprint density at radius 1 is 1.14 bits per heavy atom.